The minimum absolute atomic E-state index is 0.283. The van der Waals surface area contributed by atoms with Gasteiger partial charge in [0.05, 0.1) is 14.2 Å². The van der Waals surface area contributed by atoms with Crippen molar-refractivity contribution in [3.63, 3.8) is 0 Å². The Hall–Kier alpha value is -3.61. The van der Waals surface area contributed by atoms with E-state index >= 15 is 0 Å². The molecule has 3 aromatic rings. The van der Waals surface area contributed by atoms with Crippen molar-refractivity contribution in [1.82, 2.24) is 9.97 Å². The van der Waals surface area contributed by atoms with Gasteiger partial charge in [0, 0.05) is 18.3 Å². The van der Waals surface area contributed by atoms with E-state index < -0.39 is 0 Å². The standard InChI is InChI=1S/C21H22N4O3/c1-14-4-7-16(8-5-14)25-21(26)17-11-20(24-13-23-17)22-12-15-6-9-18(27-2)19(10-15)28-3/h4-11,13H,12H2,1-3H3,(H,25,26)(H,22,23,24). The third kappa shape index (κ3) is 4.76. The van der Waals surface area contributed by atoms with Crippen LogP contribution < -0.4 is 20.1 Å². The lowest BCUT2D eigenvalue weighted by atomic mass is 10.2. The summed E-state index contributed by atoms with van der Waals surface area (Å²) in [6, 6.07) is 14.9. The van der Waals surface area contributed by atoms with Gasteiger partial charge < -0.3 is 20.1 Å². The van der Waals surface area contributed by atoms with E-state index in [0.29, 0.717) is 29.5 Å². The highest BCUT2D eigenvalue weighted by Crippen LogP contribution is 2.27. The molecule has 1 heterocycles. The van der Waals surface area contributed by atoms with Crippen molar-refractivity contribution in [3.05, 3.63) is 71.7 Å². The number of anilines is 2. The third-order valence-electron chi connectivity index (χ3n) is 4.13. The smallest absolute Gasteiger partial charge is 0.274 e. The molecule has 0 saturated carbocycles. The fourth-order valence-corrected chi connectivity index (χ4v) is 2.59. The van der Waals surface area contributed by atoms with Crippen LogP contribution >= 0.6 is 0 Å². The SMILES string of the molecule is COc1ccc(CNc2cc(C(=O)Nc3ccc(C)cc3)ncn2)cc1OC. The molecule has 1 amide bonds. The Morgan fingerprint density at radius 1 is 0.964 bits per heavy atom. The number of aromatic nitrogens is 2. The normalized spacial score (nSPS) is 10.2. The molecule has 0 aliphatic carbocycles. The third-order valence-corrected chi connectivity index (χ3v) is 4.13. The van der Waals surface area contributed by atoms with E-state index in [1.54, 1.807) is 20.3 Å². The summed E-state index contributed by atoms with van der Waals surface area (Å²) in [6.45, 7) is 2.50. The number of rotatable bonds is 7. The molecule has 28 heavy (non-hydrogen) atoms. The number of nitrogens with one attached hydrogen (secondary N) is 2. The molecule has 2 N–H and O–H groups in total. The van der Waals surface area contributed by atoms with Crippen molar-refractivity contribution in [1.29, 1.82) is 0 Å². The lowest BCUT2D eigenvalue weighted by Gasteiger charge is -2.11. The van der Waals surface area contributed by atoms with Crippen LogP contribution in [0, 0.1) is 6.92 Å². The van der Waals surface area contributed by atoms with Gasteiger partial charge in [-0.1, -0.05) is 23.8 Å². The van der Waals surface area contributed by atoms with Gasteiger partial charge in [0.15, 0.2) is 11.5 Å². The van der Waals surface area contributed by atoms with Gasteiger partial charge in [0.1, 0.15) is 17.8 Å². The number of carbonyl (C=O) groups is 1. The van der Waals surface area contributed by atoms with E-state index in [1.165, 1.54) is 6.33 Å². The number of amides is 1. The first kappa shape index (κ1) is 19.2. The van der Waals surface area contributed by atoms with E-state index in [0.717, 1.165) is 11.1 Å². The van der Waals surface area contributed by atoms with Crippen LogP contribution in [0.5, 0.6) is 11.5 Å². The Balaban J connectivity index is 1.66. The van der Waals surface area contributed by atoms with Gasteiger partial charge >= 0.3 is 0 Å². The molecular weight excluding hydrogens is 356 g/mol. The molecule has 1 aromatic heterocycles. The number of ether oxygens (including phenoxy) is 2. The maximum absolute atomic E-state index is 12.4. The van der Waals surface area contributed by atoms with Crippen LogP contribution in [0.1, 0.15) is 21.6 Å². The highest BCUT2D eigenvalue weighted by atomic mass is 16.5. The van der Waals surface area contributed by atoms with E-state index in [2.05, 4.69) is 20.6 Å². The highest BCUT2D eigenvalue weighted by Gasteiger charge is 2.10. The maximum Gasteiger partial charge on any atom is 0.274 e. The minimum Gasteiger partial charge on any atom is -0.493 e. The summed E-state index contributed by atoms with van der Waals surface area (Å²) in [5, 5.41) is 6.02. The average molecular weight is 378 g/mol. The highest BCUT2D eigenvalue weighted by molar-refractivity contribution is 6.03. The molecule has 0 unspecified atom stereocenters. The summed E-state index contributed by atoms with van der Waals surface area (Å²) in [7, 11) is 3.19. The molecule has 0 aliphatic rings. The molecule has 0 radical (unpaired) electrons. The Morgan fingerprint density at radius 3 is 2.43 bits per heavy atom. The molecular formula is C21H22N4O3. The zero-order valence-corrected chi connectivity index (χ0v) is 16.0. The predicted octanol–water partition coefficient (Wildman–Crippen LogP) is 3.67. The summed E-state index contributed by atoms with van der Waals surface area (Å²) >= 11 is 0. The zero-order chi connectivity index (χ0) is 19.9. The first-order chi connectivity index (χ1) is 13.6. The fraction of sp³-hybridized carbons (Fsp3) is 0.190. The average Bonchev–Trinajstić information content (AvgIpc) is 2.73. The summed E-state index contributed by atoms with van der Waals surface area (Å²) in [4.78, 5) is 20.7. The molecule has 0 saturated heterocycles. The molecule has 0 fully saturated rings. The molecule has 0 atom stereocenters. The van der Waals surface area contributed by atoms with Gasteiger partial charge in [-0.05, 0) is 36.8 Å². The van der Waals surface area contributed by atoms with E-state index in [4.69, 9.17) is 9.47 Å². The molecule has 0 bridgehead atoms. The summed E-state index contributed by atoms with van der Waals surface area (Å²) in [5.74, 6) is 1.59. The topological polar surface area (TPSA) is 85.4 Å². The van der Waals surface area contributed by atoms with Gasteiger partial charge in [-0.15, -0.1) is 0 Å². The number of carbonyl (C=O) groups excluding carboxylic acids is 1. The zero-order valence-electron chi connectivity index (χ0n) is 16.0. The second kappa shape index (κ2) is 8.85. The van der Waals surface area contributed by atoms with Crippen LogP contribution in [-0.4, -0.2) is 30.1 Å². The molecule has 7 heteroatoms. The number of hydrogen-bond acceptors (Lipinski definition) is 6. The van der Waals surface area contributed by atoms with Crippen molar-refractivity contribution >= 4 is 17.4 Å². The second-order valence-electron chi connectivity index (χ2n) is 6.15. The monoisotopic (exact) mass is 378 g/mol. The van der Waals surface area contributed by atoms with Gasteiger partial charge in [-0.25, -0.2) is 9.97 Å². The number of nitrogens with zero attached hydrogens (tertiary/aromatic N) is 2. The Kier molecular flexibility index (Phi) is 6.06. The van der Waals surface area contributed by atoms with Gasteiger partial charge in [-0.3, -0.25) is 4.79 Å². The first-order valence-corrected chi connectivity index (χ1v) is 8.74. The van der Waals surface area contributed by atoms with Crippen molar-refractivity contribution in [3.8, 4) is 11.5 Å². The van der Waals surface area contributed by atoms with Crippen molar-refractivity contribution in [2.24, 2.45) is 0 Å². The van der Waals surface area contributed by atoms with Gasteiger partial charge in [-0.2, -0.15) is 0 Å². The van der Waals surface area contributed by atoms with Gasteiger partial charge in [0.2, 0.25) is 0 Å². The largest absolute Gasteiger partial charge is 0.493 e. The summed E-state index contributed by atoms with van der Waals surface area (Å²) in [6.07, 6.45) is 1.36. The van der Waals surface area contributed by atoms with Crippen molar-refractivity contribution < 1.29 is 14.3 Å². The van der Waals surface area contributed by atoms with Crippen LogP contribution in [0.4, 0.5) is 11.5 Å². The predicted molar refractivity (Wildman–Crippen MR) is 108 cm³/mol. The van der Waals surface area contributed by atoms with E-state index in [9.17, 15) is 4.79 Å². The molecule has 144 valence electrons. The van der Waals surface area contributed by atoms with Crippen molar-refractivity contribution in [2.75, 3.05) is 24.9 Å². The minimum atomic E-state index is -0.291. The Morgan fingerprint density at radius 2 is 1.71 bits per heavy atom. The summed E-state index contributed by atoms with van der Waals surface area (Å²) < 4.78 is 10.6. The lowest BCUT2D eigenvalue weighted by Crippen LogP contribution is -2.14. The lowest BCUT2D eigenvalue weighted by molar-refractivity contribution is 0.102. The number of benzene rings is 2. The molecule has 3 rings (SSSR count). The van der Waals surface area contributed by atoms with Crippen LogP contribution in [0.15, 0.2) is 54.9 Å². The summed E-state index contributed by atoms with van der Waals surface area (Å²) in [5.41, 5.74) is 3.11. The first-order valence-electron chi connectivity index (χ1n) is 8.74. The number of methoxy groups -OCH3 is 2. The van der Waals surface area contributed by atoms with Crippen molar-refractivity contribution in [2.45, 2.75) is 13.5 Å². The Labute approximate surface area is 163 Å². The molecule has 0 aliphatic heterocycles. The molecule has 2 aromatic carbocycles. The fourth-order valence-electron chi connectivity index (χ4n) is 2.59. The van der Waals surface area contributed by atoms with Crippen LogP contribution in [0.2, 0.25) is 0 Å². The van der Waals surface area contributed by atoms with Gasteiger partial charge in [0.25, 0.3) is 5.91 Å². The maximum atomic E-state index is 12.4. The van der Waals surface area contributed by atoms with E-state index in [-0.39, 0.29) is 11.6 Å². The number of aryl methyl sites for hydroxylation is 1. The van der Waals surface area contributed by atoms with Crippen LogP contribution in [0.25, 0.3) is 0 Å². The van der Waals surface area contributed by atoms with Crippen LogP contribution in [0.3, 0.4) is 0 Å². The number of hydrogen-bond donors (Lipinski definition) is 2. The van der Waals surface area contributed by atoms with E-state index in [1.807, 2.05) is 49.4 Å². The van der Waals surface area contributed by atoms with Crippen LogP contribution in [-0.2, 0) is 6.54 Å². The second-order valence-corrected chi connectivity index (χ2v) is 6.15. The molecule has 0 spiro atoms. The molecule has 7 nitrogen and oxygen atoms in total. The quantitative estimate of drug-likeness (QED) is 0.653. The Bertz CT molecular complexity index is 958.